The Kier molecular flexibility index (Phi) is 4.37. The van der Waals surface area contributed by atoms with Crippen LogP contribution in [0.1, 0.15) is 33.6 Å². The summed E-state index contributed by atoms with van der Waals surface area (Å²) in [6.45, 7) is 7.47. The SMILES string of the molecule is CC(C)(C)C/C=C\CCN. The lowest BCUT2D eigenvalue weighted by Gasteiger charge is -2.14. The molecule has 0 saturated heterocycles. The third-order valence-corrected chi connectivity index (χ3v) is 1.23. The van der Waals surface area contributed by atoms with Gasteiger partial charge in [-0.2, -0.15) is 0 Å². The summed E-state index contributed by atoms with van der Waals surface area (Å²) in [5.74, 6) is 0. The zero-order chi connectivity index (χ0) is 8.04. The predicted octanol–water partition coefficient (Wildman–Crippen LogP) is 2.33. The van der Waals surface area contributed by atoms with Crippen LogP contribution in [0.5, 0.6) is 0 Å². The Bertz CT molecular complexity index is 97.8. The maximum atomic E-state index is 5.33. The number of allylic oxidation sites excluding steroid dienone is 1. The molecule has 0 aliphatic heterocycles. The molecule has 0 aliphatic rings. The summed E-state index contributed by atoms with van der Waals surface area (Å²) in [6.07, 6.45) is 6.53. The van der Waals surface area contributed by atoms with Crippen LogP contribution >= 0.6 is 0 Å². The summed E-state index contributed by atoms with van der Waals surface area (Å²) in [4.78, 5) is 0. The molecule has 0 aliphatic carbocycles. The molecule has 1 nitrogen and oxygen atoms in total. The van der Waals surface area contributed by atoms with Crippen molar-refractivity contribution in [2.45, 2.75) is 33.6 Å². The summed E-state index contributed by atoms with van der Waals surface area (Å²) < 4.78 is 0. The highest BCUT2D eigenvalue weighted by Crippen LogP contribution is 2.18. The Morgan fingerprint density at radius 2 is 1.80 bits per heavy atom. The molecule has 0 saturated carbocycles. The van der Waals surface area contributed by atoms with E-state index in [-0.39, 0.29) is 0 Å². The second-order valence-corrected chi connectivity index (χ2v) is 3.81. The van der Waals surface area contributed by atoms with Crippen LogP contribution < -0.4 is 5.73 Å². The van der Waals surface area contributed by atoms with Crippen molar-refractivity contribution in [3.8, 4) is 0 Å². The van der Waals surface area contributed by atoms with Crippen molar-refractivity contribution in [3.63, 3.8) is 0 Å². The molecule has 0 aromatic rings. The highest BCUT2D eigenvalue weighted by molar-refractivity contribution is 4.85. The topological polar surface area (TPSA) is 26.0 Å². The van der Waals surface area contributed by atoms with Gasteiger partial charge in [0.15, 0.2) is 0 Å². The van der Waals surface area contributed by atoms with Gasteiger partial charge in [-0.25, -0.2) is 0 Å². The molecule has 0 radical (unpaired) electrons. The van der Waals surface area contributed by atoms with E-state index in [1.54, 1.807) is 0 Å². The molecule has 0 rings (SSSR count). The number of hydrogen-bond acceptors (Lipinski definition) is 1. The second kappa shape index (κ2) is 4.51. The van der Waals surface area contributed by atoms with Gasteiger partial charge in [0.1, 0.15) is 0 Å². The van der Waals surface area contributed by atoms with E-state index in [9.17, 15) is 0 Å². The van der Waals surface area contributed by atoms with Crippen molar-refractivity contribution in [3.05, 3.63) is 12.2 Å². The highest BCUT2D eigenvalue weighted by atomic mass is 14.5. The van der Waals surface area contributed by atoms with Crippen LogP contribution in [0.25, 0.3) is 0 Å². The highest BCUT2D eigenvalue weighted by Gasteiger charge is 2.05. The number of nitrogens with two attached hydrogens (primary N) is 1. The normalized spacial score (nSPS) is 12.8. The Balaban J connectivity index is 3.34. The fraction of sp³-hybridized carbons (Fsp3) is 0.778. The first kappa shape index (κ1) is 9.70. The molecule has 0 atom stereocenters. The third-order valence-electron chi connectivity index (χ3n) is 1.23. The number of rotatable bonds is 3. The van der Waals surface area contributed by atoms with Gasteiger partial charge in [0.25, 0.3) is 0 Å². The zero-order valence-electron chi connectivity index (χ0n) is 7.35. The molecule has 0 unspecified atom stereocenters. The van der Waals surface area contributed by atoms with Gasteiger partial charge in [0.2, 0.25) is 0 Å². The fourth-order valence-electron chi connectivity index (χ4n) is 0.651. The lowest BCUT2D eigenvalue weighted by Crippen LogP contribution is -2.02. The van der Waals surface area contributed by atoms with Gasteiger partial charge in [-0.1, -0.05) is 32.9 Å². The smallest absolute Gasteiger partial charge is 0.00426 e. The van der Waals surface area contributed by atoms with E-state index in [0.717, 1.165) is 19.4 Å². The quantitative estimate of drug-likeness (QED) is 0.600. The van der Waals surface area contributed by atoms with Gasteiger partial charge < -0.3 is 5.73 Å². The molecular weight excluding hydrogens is 122 g/mol. The van der Waals surface area contributed by atoms with E-state index in [1.807, 2.05) is 0 Å². The van der Waals surface area contributed by atoms with Crippen molar-refractivity contribution in [2.75, 3.05) is 6.54 Å². The van der Waals surface area contributed by atoms with Crippen LogP contribution in [0.4, 0.5) is 0 Å². The molecule has 1 heteroatoms. The molecule has 0 fully saturated rings. The third kappa shape index (κ3) is 7.70. The largest absolute Gasteiger partial charge is 0.330 e. The molecule has 0 amide bonds. The van der Waals surface area contributed by atoms with Crippen molar-refractivity contribution in [1.29, 1.82) is 0 Å². The molecule has 0 heterocycles. The summed E-state index contributed by atoms with van der Waals surface area (Å²) in [5.41, 5.74) is 5.75. The predicted molar refractivity (Wildman–Crippen MR) is 46.9 cm³/mol. The first-order valence-corrected chi connectivity index (χ1v) is 3.91. The second-order valence-electron chi connectivity index (χ2n) is 3.81. The van der Waals surface area contributed by atoms with E-state index in [4.69, 9.17) is 5.73 Å². The van der Waals surface area contributed by atoms with Gasteiger partial charge in [0.05, 0.1) is 0 Å². The van der Waals surface area contributed by atoms with Crippen LogP contribution in [0, 0.1) is 5.41 Å². The average Bonchev–Trinajstić information content (AvgIpc) is 1.78. The van der Waals surface area contributed by atoms with Gasteiger partial charge in [-0.15, -0.1) is 0 Å². The lowest BCUT2D eigenvalue weighted by molar-refractivity contribution is 0.420. The van der Waals surface area contributed by atoms with Crippen LogP contribution in [0.3, 0.4) is 0 Å². The van der Waals surface area contributed by atoms with E-state index < -0.39 is 0 Å². The Morgan fingerprint density at radius 1 is 1.20 bits per heavy atom. The van der Waals surface area contributed by atoms with Crippen LogP contribution in [-0.4, -0.2) is 6.54 Å². The molecule has 60 valence electrons. The lowest BCUT2D eigenvalue weighted by atomic mass is 9.92. The molecule has 0 aromatic carbocycles. The first-order valence-electron chi connectivity index (χ1n) is 3.91. The van der Waals surface area contributed by atoms with Crippen LogP contribution in [0.2, 0.25) is 0 Å². The van der Waals surface area contributed by atoms with Gasteiger partial charge in [0, 0.05) is 0 Å². The van der Waals surface area contributed by atoms with Crippen LogP contribution in [0.15, 0.2) is 12.2 Å². The van der Waals surface area contributed by atoms with Gasteiger partial charge >= 0.3 is 0 Å². The first-order chi connectivity index (χ1) is 4.56. The Hall–Kier alpha value is -0.300. The molecule has 10 heavy (non-hydrogen) atoms. The molecule has 0 aromatic heterocycles. The monoisotopic (exact) mass is 141 g/mol. The molecular formula is C9H19N. The van der Waals surface area contributed by atoms with E-state index in [0.29, 0.717) is 5.41 Å². The minimum atomic E-state index is 0.422. The van der Waals surface area contributed by atoms with Crippen molar-refractivity contribution in [1.82, 2.24) is 0 Å². The zero-order valence-corrected chi connectivity index (χ0v) is 7.35. The molecule has 0 bridgehead atoms. The fourth-order valence-corrected chi connectivity index (χ4v) is 0.651. The van der Waals surface area contributed by atoms with Crippen molar-refractivity contribution in [2.24, 2.45) is 11.1 Å². The van der Waals surface area contributed by atoms with E-state index in [1.165, 1.54) is 0 Å². The number of hydrogen-bond donors (Lipinski definition) is 1. The summed E-state index contributed by atoms with van der Waals surface area (Å²) >= 11 is 0. The minimum absolute atomic E-state index is 0.422. The summed E-state index contributed by atoms with van der Waals surface area (Å²) in [7, 11) is 0. The maximum Gasteiger partial charge on any atom is -0.00426 e. The maximum absolute atomic E-state index is 5.33. The Labute approximate surface area is 64.3 Å². The minimum Gasteiger partial charge on any atom is -0.330 e. The van der Waals surface area contributed by atoms with Gasteiger partial charge in [-0.05, 0) is 24.8 Å². The van der Waals surface area contributed by atoms with Crippen molar-refractivity contribution >= 4 is 0 Å². The van der Waals surface area contributed by atoms with E-state index in [2.05, 4.69) is 32.9 Å². The van der Waals surface area contributed by atoms with Crippen molar-refractivity contribution < 1.29 is 0 Å². The Morgan fingerprint density at radius 3 is 2.20 bits per heavy atom. The molecule has 0 spiro atoms. The standard InChI is InChI=1S/C9H19N/c1-9(2,3)7-5-4-6-8-10/h4-5H,6-8,10H2,1-3H3/b5-4-. The van der Waals surface area contributed by atoms with E-state index >= 15 is 0 Å². The van der Waals surface area contributed by atoms with Crippen LogP contribution in [-0.2, 0) is 0 Å². The average molecular weight is 141 g/mol. The van der Waals surface area contributed by atoms with Gasteiger partial charge in [-0.3, -0.25) is 0 Å². The summed E-state index contributed by atoms with van der Waals surface area (Å²) in [5, 5.41) is 0. The summed E-state index contributed by atoms with van der Waals surface area (Å²) in [6, 6.07) is 0. The molecule has 2 N–H and O–H groups in total.